The van der Waals surface area contributed by atoms with Crippen molar-refractivity contribution in [3.8, 4) is 0 Å². The second-order valence-corrected chi connectivity index (χ2v) is 1.82. The lowest BCUT2D eigenvalue weighted by molar-refractivity contribution is -0.413. The number of esters is 1. The molecule has 0 radical (unpaired) electrons. The zero-order valence-corrected chi connectivity index (χ0v) is 5.72. The molecule has 0 amide bonds. The smallest absolute Gasteiger partial charge is 0.304 e. The molecule has 0 fully saturated rings. The monoisotopic (exact) mass is 131 g/mol. The topological polar surface area (TPSA) is 49.4 Å². The van der Waals surface area contributed by atoms with Gasteiger partial charge in [-0.05, 0) is 6.92 Å². The fraction of sp³-hybridized carbons (Fsp3) is 0.833. The SMILES string of the molecule is CCOC(=O)CC(C)[O-]. The average molecular weight is 131 g/mol. The Hall–Kier alpha value is -0.570. The van der Waals surface area contributed by atoms with Gasteiger partial charge in [0.05, 0.1) is 6.61 Å². The molecule has 1 unspecified atom stereocenters. The van der Waals surface area contributed by atoms with Crippen LogP contribution in [0.1, 0.15) is 20.3 Å². The van der Waals surface area contributed by atoms with Crippen molar-refractivity contribution in [3.63, 3.8) is 0 Å². The van der Waals surface area contributed by atoms with E-state index in [2.05, 4.69) is 4.74 Å². The quantitative estimate of drug-likeness (QED) is 0.493. The summed E-state index contributed by atoms with van der Waals surface area (Å²) in [5.74, 6) is -0.403. The number of carbonyl (C=O) groups is 1. The van der Waals surface area contributed by atoms with E-state index in [0.29, 0.717) is 6.61 Å². The molecule has 0 aromatic rings. The van der Waals surface area contributed by atoms with E-state index in [-0.39, 0.29) is 6.42 Å². The Morgan fingerprint density at radius 1 is 1.78 bits per heavy atom. The van der Waals surface area contributed by atoms with Crippen LogP contribution in [0.2, 0.25) is 0 Å². The van der Waals surface area contributed by atoms with E-state index < -0.39 is 12.1 Å². The van der Waals surface area contributed by atoms with Crippen LogP contribution in [0, 0.1) is 0 Å². The third-order valence-electron chi connectivity index (χ3n) is 0.759. The van der Waals surface area contributed by atoms with E-state index in [1.54, 1.807) is 6.92 Å². The Balaban J connectivity index is 3.27. The summed E-state index contributed by atoms with van der Waals surface area (Å²) in [5.41, 5.74) is 0. The number of rotatable bonds is 3. The van der Waals surface area contributed by atoms with Crippen molar-refractivity contribution < 1.29 is 14.6 Å². The molecule has 1 atom stereocenters. The van der Waals surface area contributed by atoms with Gasteiger partial charge in [-0.3, -0.25) is 4.79 Å². The van der Waals surface area contributed by atoms with E-state index in [0.717, 1.165) is 0 Å². The molecule has 0 spiro atoms. The highest BCUT2D eigenvalue weighted by Crippen LogP contribution is 1.88. The van der Waals surface area contributed by atoms with Crippen molar-refractivity contribution in [1.82, 2.24) is 0 Å². The van der Waals surface area contributed by atoms with Gasteiger partial charge in [-0.15, -0.1) is 6.10 Å². The van der Waals surface area contributed by atoms with E-state index in [1.165, 1.54) is 6.92 Å². The number of carbonyl (C=O) groups excluding carboxylic acids is 1. The lowest BCUT2D eigenvalue weighted by atomic mass is 10.3. The van der Waals surface area contributed by atoms with Crippen LogP contribution >= 0.6 is 0 Å². The molecule has 0 aromatic heterocycles. The van der Waals surface area contributed by atoms with E-state index >= 15 is 0 Å². The molecule has 0 heterocycles. The molecule has 0 saturated carbocycles. The first-order valence-electron chi connectivity index (χ1n) is 2.98. The maximum atomic E-state index is 10.4. The molecule has 0 aliphatic heterocycles. The van der Waals surface area contributed by atoms with Crippen molar-refractivity contribution >= 4 is 5.97 Å². The number of hydrogen-bond donors (Lipinski definition) is 0. The second kappa shape index (κ2) is 4.32. The first-order valence-corrected chi connectivity index (χ1v) is 2.98. The van der Waals surface area contributed by atoms with Crippen molar-refractivity contribution in [3.05, 3.63) is 0 Å². The van der Waals surface area contributed by atoms with Crippen molar-refractivity contribution in [2.45, 2.75) is 26.4 Å². The van der Waals surface area contributed by atoms with Gasteiger partial charge in [0.1, 0.15) is 0 Å². The molecule has 0 aromatic carbocycles. The summed E-state index contributed by atoms with van der Waals surface area (Å²) in [5, 5.41) is 10.3. The molecule has 0 aliphatic carbocycles. The van der Waals surface area contributed by atoms with Crippen molar-refractivity contribution in [2.75, 3.05) is 6.61 Å². The van der Waals surface area contributed by atoms with Crippen LogP contribution < -0.4 is 5.11 Å². The van der Waals surface area contributed by atoms with E-state index in [1.807, 2.05) is 0 Å². The van der Waals surface area contributed by atoms with Crippen LogP contribution in [0.5, 0.6) is 0 Å². The first-order chi connectivity index (χ1) is 4.16. The maximum Gasteiger partial charge on any atom is 0.304 e. The minimum Gasteiger partial charge on any atom is -0.852 e. The molecule has 54 valence electrons. The maximum absolute atomic E-state index is 10.4. The van der Waals surface area contributed by atoms with Crippen LogP contribution in [0.3, 0.4) is 0 Å². The average Bonchev–Trinajstić information content (AvgIpc) is 1.63. The zero-order chi connectivity index (χ0) is 7.28. The Morgan fingerprint density at radius 3 is 2.67 bits per heavy atom. The van der Waals surface area contributed by atoms with Crippen LogP contribution in [-0.4, -0.2) is 18.7 Å². The Morgan fingerprint density at radius 2 is 2.33 bits per heavy atom. The van der Waals surface area contributed by atoms with Crippen LogP contribution in [0.15, 0.2) is 0 Å². The van der Waals surface area contributed by atoms with Gasteiger partial charge in [0.2, 0.25) is 0 Å². The molecular weight excluding hydrogens is 120 g/mol. The zero-order valence-electron chi connectivity index (χ0n) is 5.72. The summed E-state index contributed by atoms with van der Waals surface area (Å²) in [4.78, 5) is 10.4. The van der Waals surface area contributed by atoms with E-state index in [4.69, 9.17) is 0 Å². The standard InChI is InChI=1S/C6H11O3/c1-3-9-6(8)4-5(2)7/h5H,3-4H2,1-2H3/q-1. The summed E-state index contributed by atoms with van der Waals surface area (Å²) in [7, 11) is 0. The number of hydrogen-bond acceptors (Lipinski definition) is 3. The fourth-order valence-electron chi connectivity index (χ4n) is 0.455. The summed E-state index contributed by atoms with van der Waals surface area (Å²) >= 11 is 0. The van der Waals surface area contributed by atoms with Gasteiger partial charge in [0.15, 0.2) is 0 Å². The molecule has 0 aliphatic rings. The summed E-state index contributed by atoms with van der Waals surface area (Å²) in [6.07, 6.45) is -0.863. The van der Waals surface area contributed by atoms with Gasteiger partial charge in [-0.25, -0.2) is 0 Å². The van der Waals surface area contributed by atoms with Gasteiger partial charge in [0, 0.05) is 6.42 Å². The normalized spacial score (nSPS) is 12.8. The Bertz CT molecular complexity index is 88.3. The molecule has 3 heteroatoms. The number of ether oxygens (including phenoxy) is 1. The Labute approximate surface area is 54.6 Å². The lowest BCUT2D eigenvalue weighted by Crippen LogP contribution is -2.25. The molecule has 3 nitrogen and oxygen atoms in total. The third kappa shape index (κ3) is 5.30. The van der Waals surface area contributed by atoms with Gasteiger partial charge in [-0.1, -0.05) is 6.92 Å². The second-order valence-electron chi connectivity index (χ2n) is 1.82. The van der Waals surface area contributed by atoms with Crippen LogP contribution in [0.4, 0.5) is 0 Å². The van der Waals surface area contributed by atoms with Gasteiger partial charge in [0.25, 0.3) is 0 Å². The Kier molecular flexibility index (Phi) is 4.05. The van der Waals surface area contributed by atoms with Gasteiger partial charge >= 0.3 is 5.97 Å². The van der Waals surface area contributed by atoms with Crippen molar-refractivity contribution in [1.29, 1.82) is 0 Å². The largest absolute Gasteiger partial charge is 0.852 e. The van der Waals surface area contributed by atoms with E-state index in [9.17, 15) is 9.90 Å². The van der Waals surface area contributed by atoms with Crippen molar-refractivity contribution in [2.24, 2.45) is 0 Å². The third-order valence-corrected chi connectivity index (χ3v) is 0.759. The highest BCUT2D eigenvalue weighted by atomic mass is 16.5. The molecule has 0 bridgehead atoms. The van der Waals surface area contributed by atoms with Crippen LogP contribution in [0.25, 0.3) is 0 Å². The summed E-state index contributed by atoms with van der Waals surface area (Å²) in [6, 6.07) is 0. The lowest BCUT2D eigenvalue weighted by Gasteiger charge is -2.13. The first kappa shape index (κ1) is 8.43. The highest BCUT2D eigenvalue weighted by molar-refractivity contribution is 5.69. The predicted octanol–water partition coefficient (Wildman–Crippen LogP) is -0.312. The summed E-state index contributed by atoms with van der Waals surface area (Å²) < 4.78 is 4.51. The predicted molar refractivity (Wildman–Crippen MR) is 30.7 cm³/mol. The fourth-order valence-corrected chi connectivity index (χ4v) is 0.455. The van der Waals surface area contributed by atoms with Crippen LogP contribution in [-0.2, 0) is 9.53 Å². The molecule has 0 rings (SSSR count). The molecular formula is C6H11O3-. The molecule has 0 saturated heterocycles. The minimum absolute atomic E-state index is 0.0200. The molecule has 9 heavy (non-hydrogen) atoms. The van der Waals surface area contributed by atoms with Gasteiger partial charge < -0.3 is 9.84 Å². The highest BCUT2D eigenvalue weighted by Gasteiger charge is 1.98. The van der Waals surface area contributed by atoms with Gasteiger partial charge in [-0.2, -0.15) is 0 Å². The molecule has 0 N–H and O–H groups in total. The minimum atomic E-state index is -0.843. The summed E-state index contributed by atoms with van der Waals surface area (Å²) in [6.45, 7) is 3.51.